The minimum atomic E-state index is -0.981. The molecular weight excluding hydrogens is 394 g/mol. The third-order valence-electron chi connectivity index (χ3n) is 4.42. The normalized spacial score (nSPS) is 13.4. The Morgan fingerprint density at radius 1 is 1.21 bits per heavy atom. The van der Waals surface area contributed by atoms with E-state index in [1.165, 1.54) is 11.3 Å². The molecule has 29 heavy (non-hydrogen) atoms. The number of amides is 1. The molecule has 1 aliphatic rings. The molecule has 8 nitrogen and oxygen atoms in total. The first kappa shape index (κ1) is 20.9. The maximum atomic E-state index is 12.5. The predicted octanol–water partition coefficient (Wildman–Crippen LogP) is 2.38. The molecule has 0 aromatic carbocycles. The lowest BCUT2D eigenvalue weighted by molar-refractivity contribution is -0.152. The van der Waals surface area contributed by atoms with Crippen LogP contribution in [-0.4, -0.2) is 47.5 Å². The first-order valence-electron chi connectivity index (χ1n) is 9.45. The van der Waals surface area contributed by atoms with E-state index in [1.807, 2.05) is 18.2 Å². The number of ether oxygens (including phenoxy) is 2. The molecule has 0 aliphatic carbocycles. The van der Waals surface area contributed by atoms with Gasteiger partial charge in [-0.1, -0.05) is 6.07 Å². The number of aromatic nitrogens is 1. The van der Waals surface area contributed by atoms with E-state index in [-0.39, 0.29) is 13.2 Å². The van der Waals surface area contributed by atoms with Crippen LogP contribution < -0.4 is 5.32 Å². The van der Waals surface area contributed by atoms with E-state index in [4.69, 9.17) is 9.47 Å². The van der Waals surface area contributed by atoms with E-state index in [2.05, 4.69) is 15.2 Å². The Balaban J connectivity index is 1.83. The highest BCUT2D eigenvalue weighted by Crippen LogP contribution is 2.38. The molecule has 1 amide bonds. The fraction of sp³-hybridized carbons (Fsp3) is 0.400. The Labute approximate surface area is 172 Å². The van der Waals surface area contributed by atoms with Crippen LogP contribution >= 0.6 is 11.3 Å². The molecule has 0 radical (unpaired) electrons. The first-order valence-corrected chi connectivity index (χ1v) is 10.3. The van der Waals surface area contributed by atoms with Crippen LogP contribution in [0.15, 0.2) is 24.4 Å². The zero-order chi connectivity index (χ0) is 20.8. The van der Waals surface area contributed by atoms with Crippen molar-refractivity contribution in [3.63, 3.8) is 0 Å². The number of hydrogen-bond acceptors (Lipinski definition) is 8. The van der Waals surface area contributed by atoms with Gasteiger partial charge < -0.3 is 14.8 Å². The standard InChI is InChI=1S/C20H23N3O5S/c1-3-27-19(25)16-14-8-10-23(11-13-7-5-6-9-21-13)12-15(14)29-18(16)22-17(24)20(26)28-4-2/h5-7,9H,3-4,8,10-12H2,1-2H3,(H,22,24). The van der Waals surface area contributed by atoms with Crippen LogP contribution in [0.3, 0.4) is 0 Å². The van der Waals surface area contributed by atoms with Crippen molar-refractivity contribution in [2.24, 2.45) is 0 Å². The summed E-state index contributed by atoms with van der Waals surface area (Å²) < 4.78 is 9.91. The predicted molar refractivity (Wildman–Crippen MR) is 108 cm³/mol. The second-order valence-corrected chi connectivity index (χ2v) is 7.49. The summed E-state index contributed by atoms with van der Waals surface area (Å²) >= 11 is 1.29. The molecule has 0 fully saturated rings. The summed E-state index contributed by atoms with van der Waals surface area (Å²) in [5.41, 5.74) is 2.17. The fourth-order valence-corrected chi connectivity index (χ4v) is 4.44. The summed E-state index contributed by atoms with van der Waals surface area (Å²) in [7, 11) is 0. The van der Waals surface area contributed by atoms with Crippen LogP contribution in [0.5, 0.6) is 0 Å². The minimum absolute atomic E-state index is 0.0976. The van der Waals surface area contributed by atoms with Crippen molar-refractivity contribution >= 4 is 34.2 Å². The Morgan fingerprint density at radius 2 is 2.00 bits per heavy atom. The Morgan fingerprint density at radius 3 is 2.69 bits per heavy atom. The third-order valence-corrected chi connectivity index (χ3v) is 5.55. The molecule has 2 aromatic heterocycles. The largest absolute Gasteiger partial charge is 0.462 e. The van der Waals surface area contributed by atoms with Gasteiger partial charge >= 0.3 is 17.8 Å². The molecular formula is C20H23N3O5S. The maximum Gasteiger partial charge on any atom is 0.397 e. The Bertz CT molecular complexity index is 897. The summed E-state index contributed by atoms with van der Waals surface area (Å²) in [6.45, 7) is 5.73. The maximum absolute atomic E-state index is 12.5. The van der Waals surface area contributed by atoms with E-state index >= 15 is 0 Å². The van der Waals surface area contributed by atoms with Crippen LogP contribution in [0.4, 0.5) is 5.00 Å². The summed E-state index contributed by atoms with van der Waals surface area (Å²) in [6.07, 6.45) is 2.40. The quantitative estimate of drug-likeness (QED) is 0.569. The number of rotatable bonds is 6. The van der Waals surface area contributed by atoms with Crippen molar-refractivity contribution in [2.45, 2.75) is 33.4 Å². The highest BCUT2D eigenvalue weighted by Gasteiger charge is 2.30. The molecule has 0 bridgehead atoms. The molecule has 0 atom stereocenters. The molecule has 3 rings (SSSR count). The molecule has 0 spiro atoms. The van der Waals surface area contributed by atoms with Gasteiger partial charge in [-0.2, -0.15) is 0 Å². The van der Waals surface area contributed by atoms with Crippen LogP contribution in [0.2, 0.25) is 0 Å². The highest BCUT2D eigenvalue weighted by atomic mass is 32.1. The van der Waals surface area contributed by atoms with Gasteiger partial charge in [0, 0.05) is 30.7 Å². The lowest BCUT2D eigenvalue weighted by Gasteiger charge is -2.26. The Kier molecular flexibility index (Phi) is 6.95. The zero-order valence-corrected chi connectivity index (χ0v) is 17.2. The van der Waals surface area contributed by atoms with Gasteiger partial charge in [0.15, 0.2) is 0 Å². The van der Waals surface area contributed by atoms with Crippen molar-refractivity contribution in [1.82, 2.24) is 9.88 Å². The number of carbonyl (C=O) groups excluding carboxylic acids is 3. The average Bonchev–Trinajstić information content (AvgIpc) is 3.06. The minimum Gasteiger partial charge on any atom is -0.462 e. The van der Waals surface area contributed by atoms with E-state index in [1.54, 1.807) is 20.0 Å². The number of nitrogens with zero attached hydrogens (tertiary/aromatic N) is 2. The van der Waals surface area contributed by atoms with Gasteiger partial charge in [-0.05, 0) is 38.0 Å². The van der Waals surface area contributed by atoms with Crippen LogP contribution in [0.25, 0.3) is 0 Å². The Hall–Kier alpha value is -2.78. The fourth-order valence-electron chi connectivity index (χ4n) is 3.17. The topological polar surface area (TPSA) is 97.8 Å². The van der Waals surface area contributed by atoms with E-state index in [0.717, 1.165) is 22.7 Å². The number of esters is 2. The van der Waals surface area contributed by atoms with Gasteiger partial charge in [0.2, 0.25) is 0 Å². The number of nitrogens with one attached hydrogen (secondary N) is 1. The third kappa shape index (κ3) is 4.99. The first-order chi connectivity index (χ1) is 14.0. The number of anilines is 1. The average molecular weight is 417 g/mol. The van der Waals surface area contributed by atoms with Gasteiger partial charge in [-0.15, -0.1) is 11.3 Å². The molecule has 2 aromatic rings. The van der Waals surface area contributed by atoms with Crippen molar-refractivity contribution < 1.29 is 23.9 Å². The SMILES string of the molecule is CCOC(=O)C(=O)Nc1sc2c(c1C(=O)OCC)CCN(Cc1ccccn1)C2. The summed E-state index contributed by atoms with van der Waals surface area (Å²) in [4.78, 5) is 43.9. The van der Waals surface area contributed by atoms with Gasteiger partial charge in [0.05, 0.1) is 24.5 Å². The highest BCUT2D eigenvalue weighted by molar-refractivity contribution is 7.17. The van der Waals surface area contributed by atoms with Crippen molar-refractivity contribution in [2.75, 3.05) is 25.1 Å². The summed E-state index contributed by atoms with van der Waals surface area (Å²) in [5, 5.41) is 2.85. The summed E-state index contributed by atoms with van der Waals surface area (Å²) in [6, 6.07) is 5.80. The number of carbonyl (C=O) groups is 3. The van der Waals surface area contributed by atoms with Gasteiger partial charge in [0.1, 0.15) is 5.00 Å². The van der Waals surface area contributed by atoms with E-state index in [0.29, 0.717) is 30.1 Å². The second kappa shape index (κ2) is 9.62. The smallest absolute Gasteiger partial charge is 0.397 e. The molecule has 1 N–H and O–H groups in total. The van der Waals surface area contributed by atoms with Crippen molar-refractivity contribution in [3.8, 4) is 0 Å². The van der Waals surface area contributed by atoms with Crippen LogP contribution in [-0.2, 0) is 38.6 Å². The number of thiophene rings is 1. The zero-order valence-electron chi connectivity index (χ0n) is 16.4. The van der Waals surface area contributed by atoms with Crippen LogP contribution in [0, 0.1) is 0 Å². The van der Waals surface area contributed by atoms with Crippen molar-refractivity contribution in [3.05, 3.63) is 46.1 Å². The van der Waals surface area contributed by atoms with Gasteiger partial charge in [-0.25, -0.2) is 9.59 Å². The lowest BCUT2D eigenvalue weighted by Crippen LogP contribution is -2.30. The number of pyridine rings is 1. The summed E-state index contributed by atoms with van der Waals surface area (Å²) in [5.74, 6) is -2.38. The number of fused-ring (bicyclic) bond motifs is 1. The second-order valence-electron chi connectivity index (χ2n) is 6.38. The molecule has 9 heteroatoms. The molecule has 0 saturated carbocycles. The molecule has 0 unspecified atom stereocenters. The molecule has 0 saturated heterocycles. The van der Waals surface area contributed by atoms with E-state index in [9.17, 15) is 14.4 Å². The van der Waals surface area contributed by atoms with Crippen molar-refractivity contribution in [1.29, 1.82) is 0 Å². The van der Waals surface area contributed by atoms with Gasteiger partial charge in [0.25, 0.3) is 0 Å². The van der Waals surface area contributed by atoms with Gasteiger partial charge in [-0.3, -0.25) is 14.7 Å². The lowest BCUT2D eigenvalue weighted by atomic mass is 10.0. The molecule has 1 aliphatic heterocycles. The monoisotopic (exact) mass is 417 g/mol. The number of hydrogen-bond donors (Lipinski definition) is 1. The molecule has 154 valence electrons. The van der Waals surface area contributed by atoms with E-state index < -0.39 is 17.8 Å². The molecule has 3 heterocycles. The van der Waals surface area contributed by atoms with Crippen LogP contribution in [0.1, 0.15) is 40.3 Å².